The third kappa shape index (κ3) is 2.77. The van der Waals surface area contributed by atoms with Crippen LogP contribution in [0.2, 0.25) is 0 Å². The molecule has 0 aliphatic rings. The molecule has 0 bridgehead atoms. The monoisotopic (exact) mass is 300 g/mol. The summed E-state index contributed by atoms with van der Waals surface area (Å²) in [7, 11) is 0. The number of pyridine rings is 1. The maximum atomic E-state index is 9.02. The zero-order valence-electron chi connectivity index (χ0n) is 11.7. The SMILES string of the molecule is CSc1nnc(CCCO)n1-c1cnc2ccccc2c1. The molecule has 0 aliphatic carbocycles. The quantitative estimate of drug-likeness (QED) is 0.733. The Morgan fingerprint density at radius 3 is 2.90 bits per heavy atom. The number of benzene rings is 1. The number of thioether (sulfide) groups is 1. The molecule has 1 N–H and O–H groups in total. The minimum absolute atomic E-state index is 0.150. The molecular weight excluding hydrogens is 284 g/mol. The van der Waals surface area contributed by atoms with Crippen LogP contribution in [0.25, 0.3) is 16.6 Å². The Labute approximate surface area is 127 Å². The van der Waals surface area contributed by atoms with Gasteiger partial charge >= 0.3 is 0 Å². The third-order valence-corrected chi connectivity index (χ3v) is 3.91. The van der Waals surface area contributed by atoms with Crippen molar-refractivity contribution in [3.8, 4) is 5.69 Å². The number of fused-ring (bicyclic) bond motifs is 1. The summed E-state index contributed by atoms with van der Waals surface area (Å²) in [5, 5.41) is 19.4. The Bertz CT molecular complexity index is 756. The topological polar surface area (TPSA) is 63.8 Å². The second kappa shape index (κ2) is 6.24. The van der Waals surface area contributed by atoms with Crippen molar-refractivity contribution in [1.29, 1.82) is 0 Å². The number of para-hydroxylation sites is 1. The van der Waals surface area contributed by atoms with E-state index in [1.165, 1.54) is 0 Å². The molecule has 0 fully saturated rings. The predicted molar refractivity (Wildman–Crippen MR) is 83.8 cm³/mol. The van der Waals surface area contributed by atoms with Crippen molar-refractivity contribution in [2.75, 3.05) is 12.9 Å². The van der Waals surface area contributed by atoms with E-state index in [2.05, 4.69) is 21.2 Å². The van der Waals surface area contributed by atoms with Crippen LogP contribution < -0.4 is 0 Å². The first-order valence-electron chi connectivity index (χ1n) is 6.78. The zero-order chi connectivity index (χ0) is 14.7. The first kappa shape index (κ1) is 14.0. The maximum Gasteiger partial charge on any atom is 0.195 e. The van der Waals surface area contributed by atoms with Gasteiger partial charge in [0.25, 0.3) is 0 Å². The normalized spacial score (nSPS) is 11.1. The molecule has 2 heterocycles. The average molecular weight is 300 g/mol. The second-order valence-electron chi connectivity index (χ2n) is 4.65. The van der Waals surface area contributed by atoms with Gasteiger partial charge in [0.15, 0.2) is 5.16 Å². The van der Waals surface area contributed by atoms with Gasteiger partial charge in [-0.15, -0.1) is 10.2 Å². The number of hydrogen-bond donors (Lipinski definition) is 1. The van der Waals surface area contributed by atoms with Crippen LogP contribution >= 0.6 is 11.8 Å². The molecule has 21 heavy (non-hydrogen) atoms. The predicted octanol–water partition coefficient (Wildman–Crippen LogP) is 2.46. The Morgan fingerprint density at radius 2 is 2.10 bits per heavy atom. The molecule has 6 heteroatoms. The first-order chi connectivity index (χ1) is 10.3. The highest BCUT2D eigenvalue weighted by molar-refractivity contribution is 7.98. The molecule has 3 aromatic rings. The van der Waals surface area contributed by atoms with E-state index in [0.29, 0.717) is 12.8 Å². The van der Waals surface area contributed by atoms with E-state index in [1.807, 2.05) is 41.3 Å². The van der Waals surface area contributed by atoms with Gasteiger partial charge in [0, 0.05) is 18.4 Å². The smallest absolute Gasteiger partial charge is 0.195 e. The van der Waals surface area contributed by atoms with Crippen LogP contribution in [0, 0.1) is 0 Å². The van der Waals surface area contributed by atoms with E-state index in [0.717, 1.165) is 27.6 Å². The molecule has 0 unspecified atom stereocenters. The highest BCUT2D eigenvalue weighted by atomic mass is 32.2. The standard InChI is InChI=1S/C15H16N4OS/c1-21-15-18-17-14(7-4-8-20)19(15)12-9-11-5-2-3-6-13(11)16-10-12/h2-3,5-6,9-10,20H,4,7-8H2,1H3. The van der Waals surface area contributed by atoms with Gasteiger partial charge in [-0.2, -0.15) is 0 Å². The molecule has 0 amide bonds. The number of aryl methyl sites for hydroxylation is 1. The Kier molecular flexibility index (Phi) is 4.17. The van der Waals surface area contributed by atoms with Gasteiger partial charge < -0.3 is 5.11 Å². The summed E-state index contributed by atoms with van der Waals surface area (Å²) in [5.41, 5.74) is 1.92. The summed E-state index contributed by atoms with van der Waals surface area (Å²) < 4.78 is 2.01. The van der Waals surface area contributed by atoms with Crippen molar-refractivity contribution in [1.82, 2.24) is 19.7 Å². The molecule has 108 valence electrons. The van der Waals surface area contributed by atoms with Crippen molar-refractivity contribution < 1.29 is 5.11 Å². The van der Waals surface area contributed by atoms with Crippen LogP contribution in [-0.2, 0) is 6.42 Å². The summed E-state index contributed by atoms with van der Waals surface area (Å²) in [6.45, 7) is 0.150. The Hall–Kier alpha value is -1.92. The van der Waals surface area contributed by atoms with E-state index in [4.69, 9.17) is 5.11 Å². The van der Waals surface area contributed by atoms with Crippen molar-refractivity contribution in [2.45, 2.75) is 18.0 Å². The summed E-state index contributed by atoms with van der Waals surface area (Å²) in [6, 6.07) is 10.1. The van der Waals surface area contributed by atoms with Crippen LogP contribution in [0.1, 0.15) is 12.2 Å². The molecule has 2 aromatic heterocycles. The van der Waals surface area contributed by atoms with Gasteiger partial charge in [0.05, 0.1) is 17.4 Å². The van der Waals surface area contributed by atoms with Gasteiger partial charge in [0.2, 0.25) is 0 Å². The summed E-state index contributed by atoms with van der Waals surface area (Å²) >= 11 is 1.55. The average Bonchev–Trinajstić information content (AvgIpc) is 2.95. The van der Waals surface area contributed by atoms with E-state index in [1.54, 1.807) is 11.8 Å². The fourth-order valence-electron chi connectivity index (χ4n) is 2.27. The van der Waals surface area contributed by atoms with Crippen molar-refractivity contribution in [3.05, 3.63) is 42.4 Å². The molecule has 0 radical (unpaired) electrons. The van der Waals surface area contributed by atoms with Gasteiger partial charge in [-0.1, -0.05) is 30.0 Å². The van der Waals surface area contributed by atoms with Crippen LogP contribution in [0.3, 0.4) is 0 Å². The molecule has 5 nitrogen and oxygen atoms in total. The fourth-order valence-corrected chi connectivity index (χ4v) is 2.79. The number of nitrogens with zero attached hydrogens (tertiary/aromatic N) is 4. The lowest BCUT2D eigenvalue weighted by molar-refractivity contribution is 0.287. The van der Waals surface area contributed by atoms with Crippen molar-refractivity contribution in [3.63, 3.8) is 0 Å². The molecule has 1 aromatic carbocycles. The minimum atomic E-state index is 0.150. The summed E-state index contributed by atoms with van der Waals surface area (Å²) in [6.07, 6.45) is 5.18. The zero-order valence-corrected chi connectivity index (χ0v) is 12.5. The molecule has 0 saturated heterocycles. The third-order valence-electron chi connectivity index (χ3n) is 3.28. The lowest BCUT2D eigenvalue weighted by Crippen LogP contribution is -2.04. The number of hydrogen-bond acceptors (Lipinski definition) is 5. The summed E-state index contributed by atoms with van der Waals surface area (Å²) in [4.78, 5) is 4.50. The number of aromatic nitrogens is 4. The van der Waals surface area contributed by atoms with Gasteiger partial charge in [-0.3, -0.25) is 9.55 Å². The van der Waals surface area contributed by atoms with Gasteiger partial charge in [0.1, 0.15) is 5.82 Å². The Morgan fingerprint density at radius 1 is 1.24 bits per heavy atom. The molecular formula is C15H16N4OS. The van der Waals surface area contributed by atoms with Crippen LogP contribution in [0.5, 0.6) is 0 Å². The lowest BCUT2D eigenvalue weighted by Gasteiger charge is -2.09. The van der Waals surface area contributed by atoms with Gasteiger partial charge in [-0.05, 0) is 24.8 Å². The maximum absolute atomic E-state index is 9.02. The van der Waals surface area contributed by atoms with Crippen LogP contribution in [0.15, 0.2) is 41.7 Å². The molecule has 0 spiro atoms. The highest BCUT2D eigenvalue weighted by Gasteiger charge is 2.13. The molecule has 0 atom stereocenters. The first-order valence-corrected chi connectivity index (χ1v) is 8.00. The molecule has 3 rings (SSSR count). The minimum Gasteiger partial charge on any atom is -0.396 e. The van der Waals surface area contributed by atoms with E-state index >= 15 is 0 Å². The molecule has 0 aliphatic heterocycles. The Balaban J connectivity index is 2.09. The second-order valence-corrected chi connectivity index (χ2v) is 5.43. The number of aliphatic hydroxyl groups is 1. The van der Waals surface area contributed by atoms with E-state index in [9.17, 15) is 0 Å². The lowest BCUT2D eigenvalue weighted by atomic mass is 10.2. The summed E-state index contributed by atoms with van der Waals surface area (Å²) in [5.74, 6) is 0.852. The number of rotatable bonds is 5. The van der Waals surface area contributed by atoms with Crippen LogP contribution in [0.4, 0.5) is 0 Å². The van der Waals surface area contributed by atoms with Crippen molar-refractivity contribution in [2.24, 2.45) is 0 Å². The highest BCUT2D eigenvalue weighted by Crippen LogP contribution is 2.23. The van der Waals surface area contributed by atoms with E-state index in [-0.39, 0.29) is 6.61 Å². The van der Waals surface area contributed by atoms with E-state index < -0.39 is 0 Å². The molecule has 0 saturated carbocycles. The number of aliphatic hydroxyl groups excluding tert-OH is 1. The van der Waals surface area contributed by atoms with Gasteiger partial charge in [-0.25, -0.2) is 0 Å². The van der Waals surface area contributed by atoms with Crippen LogP contribution in [-0.4, -0.2) is 37.7 Å². The van der Waals surface area contributed by atoms with Crippen molar-refractivity contribution >= 4 is 22.7 Å². The fraction of sp³-hybridized carbons (Fsp3) is 0.267. The largest absolute Gasteiger partial charge is 0.396 e.